The number of ether oxygens (including phenoxy) is 2. The number of carbonyl (C=O) groups is 3. The summed E-state index contributed by atoms with van der Waals surface area (Å²) < 4.78 is 9.46. The number of carbonyl (C=O) groups excluding carboxylic acids is 3. The Morgan fingerprint density at radius 2 is 2.00 bits per heavy atom. The summed E-state index contributed by atoms with van der Waals surface area (Å²) in [5, 5.41) is 13.1. The quantitative estimate of drug-likeness (QED) is 0.412. The van der Waals surface area contributed by atoms with Crippen LogP contribution in [-0.2, 0) is 19.1 Å². The highest BCUT2D eigenvalue weighted by atomic mass is 35.5. The van der Waals surface area contributed by atoms with Gasteiger partial charge in [-0.2, -0.15) is 0 Å². The van der Waals surface area contributed by atoms with Crippen LogP contribution in [0.2, 0.25) is 5.02 Å². The van der Waals surface area contributed by atoms with Gasteiger partial charge in [-0.15, -0.1) is 0 Å². The highest BCUT2D eigenvalue weighted by Gasteiger charge is 2.27. The minimum atomic E-state index is -0.932. The van der Waals surface area contributed by atoms with E-state index in [4.69, 9.17) is 16.3 Å². The SMILES string of the molecule is CC[C@@H](C)[C@@H](NC(=O)COC(=O)c1ccc(Cl)c([N+](=O)[O-])c1)C(=O)OC. The first kappa shape index (κ1) is 21.4. The molecule has 0 aliphatic rings. The maximum atomic E-state index is 11.9. The molecule has 26 heavy (non-hydrogen) atoms. The second kappa shape index (κ2) is 9.71. The highest BCUT2D eigenvalue weighted by Crippen LogP contribution is 2.25. The molecule has 0 unspecified atom stereocenters. The van der Waals surface area contributed by atoms with Gasteiger partial charge in [0.05, 0.1) is 17.6 Å². The third-order valence-corrected chi connectivity index (χ3v) is 4.02. The minimum Gasteiger partial charge on any atom is -0.467 e. The number of nitro groups is 1. The van der Waals surface area contributed by atoms with Crippen molar-refractivity contribution < 1.29 is 28.8 Å². The molecule has 0 radical (unpaired) electrons. The van der Waals surface area contributed by atoms with Crippen LogP contribution in [0.4, 0.5) is 5.69 Å². The van der Waals surface area contributed by atoms with Gasteiger partial charge in [-0.1, -0.05) is 31.9 Å². The molecule has 0 bridgehead atoms. The summed E-state index contributed by atoms with van der Waals surface area (Å²) in [5.41, 5.74) is -0.576. The van der Waals surface area contributed by atoms with Crippen LogP contribution in [0.5, 0.6) is 0 Å². The first-order valence-electron chi connectivity index (χ1n) is 7.69. The van der Waals surface area contributed by atoms with Crippen molar-refractivity contribution in [2.45, 2.75) is 26.3 Å². The third-order valence-electron chi connectivity index (χ3n) is 3.70. The van der Waals surface area contributed by atoms with Crippen LogP contribution in [0.15, 0.2) is 18.2 Å². The number of rotatable bonds is 8. The van der Waals surface area contributed by atoms with E-state index in [0.717, 1.165) is 6.07 Å². The van der Waals surface area contributed by atoms with E-state index in [1.54, 1.807) is 6.92 Å². The topological polar surface area (TPSA) is 125 Å². The Labute approximate surface area is 154 Å². The predicted molar refractivity (Wildman–Crippen MR) is 91.8 cm³/mol. The Bertz CT molecular complexity index is 708. The van der Waals surface area contributed by atoms with E-state index in [0.29, 0.717) is 6.42 Å². The second-order valence-corrected chi connectivity index (χ2v) is 5.86. The van der Waals surface area contributed by atoms with Crippen molar-refractivity contribution >= 4 is 35.1 Å². The van der Waals surface area contributed by atoms with Crippen molar-refractivity contribution in [3.05, 3.63) is 38.9 Å². The van der Waals surface area contributed by atoms with Crippen molar-refractivity contribution in [1.29, 1.82) is 0 Å². The molecule has 1 aromatic rings. The van der Waals surface area contributed by atoms with Gasteiger partial charge >= 0.3 is 11.9 Å². The van der Waals surface area contributed by atoms with Gasteiger partial charge in [0, 0.05) is 6.07 Å². The average Bonchev–Trinajstić information content (AvgIpc) is 2.62. The van der Waals surface area contributed by atoms with Crippen LogP contribution in [-0.4, -0.2) is 42.5 Å². The summed E-state index contributed by atoms with van der Waals surface area (Å²) in [6.45, 7) is 2.96. The summed E-state index contributed by atoms with van der Waals surface area (Å²) >= 11 is 5.67. The van der Waals surface area contributed by atoms with Gasteiger partial charge in [0.15, 0.2) is 6.61 Å². The van der Waals surface area contributed by atoms with E-state index >= 15 is 0 Å². The number of esters is 2. The lowest BCUT2D eigenvalue weighted by molar-refractivity contribution is -0.384. The number of amides is 1. The molecular formula is C16H19ClN2O7. The molecule has 1 N–H and O–H groups in total. The molecule has 0 aliphatic carbocycles. The summed E-state index contributed by atoms with van der Waals surface area (Å²) in [6, 6.07) is 2.52. The standard InChI is InChI=1S/C16H19ClN2O7/c1-4-9(2)14(16(22)25-3)18-13(20)8-26-15(21)10-5-6-11(17)12(7-10)19(23)24/h5-7,9,14H,4,8H2,1-3H3,(H,18,20)/t9-,14-/m1/s1. The number of nitrogens with zero attached hydrogens (tertiary/aromatic N) is 1. The zero-order chi connectivity index (χ0) is 19.9. The Morgan fingerprint density at radius 1 is 1.35 bits per heavy atom. The first-order valence-corrected chi connectivity index (χ1v) is 8.07. The van der Waals surface area contributed by atoms with Crippen molar-refractivity contribution in [3.63, 3.8) is 0 Å². The molecule has 1 amide bonds. The molecule has 9 nitrogen and oxygen atoms in total. The molecule has 0 heterocycles. The molecule has 10 heteroatoms. The molecular weight excluding hydrogens is 368 g/mol. The summed E-state index contributed by atoms with van der Waals surface area (Å²) in [5.74, 6) is -2.41. The van der Waals surface area contributed by atoms with Crippen LogP contribution in [0.3, 0.4) is 0 Å². The molecule has 0 aromatic heterocycles. The smallest absolute Gasteiger partial charge is 0.338 e. The van der Waals surface area contributed by atoms with Crippen LogP contribution in [0, 0.1) is 16.0 Å². The van der Waals surface area contributed by atoms with Gasteiger partial charge < -0.3 is 14.8 Å². The molecule has 0 aliphatic heterocycles. The Morgan fingerprint density at radius 3 is 2.54 bits per heavy atom. The van der Waals surface area contributed by atoms with Gasteiger partial charge in [-0.3, -0.25) is 14.9 Å². The van der Waals surface area contributed by atoms with Crippen molar-refractivity contribution in [3.8, 4) is 0 Å². The molecule has 2 atom stereocenters. The van der Waals surface area contributed by atoms with Gasteiger partial charge in [0.2, 0.25) is 0 Å². The fourth-order valence-corrected chi connectivity index (χ4v) is 2.19. The lowest BCUT2D eigenvalue weighted by atomic mass is 9.99. The van der Waals surface area contributed by atoms with E-state index in [1.807, 2.05) is 6.92 Å². The monoisotopic (exact) mass is 386 g/mol. The van der Waals surface area contributed by atoms with E-state index in [1.165, 1.54) is 19.2 Å². The molecule has 0 fully saturated rings. The van der Waals surface area contributed by atoms with E-state index < -0.39 is 41.1 Å². The number of hydrogen-bond donors (Lipinski definition) is 1. The zero-order valence-corrected chi connectivity index (χ0v) is 15.2. The highest BCUT2D eigenvalue weighted by molar-refractivity contribution is 6.32. The lowest BCUT2D eigenvalue weighted by Gasteiger charge is -2.21. The normalized spacial score (nSPS) is 12.6. The van der Waals surface area contributed by atoms with Crippen LogP contribution >= 0.6 is 11.6 Å². The fourth-order valence-electron chi connectivity index (χ4n) is 2.01. The number of benzene rings is 1. The maximum Gasteiger partial charge on any atom is 0.338 e. The Hall–Kier alpha value is -2.68. The van der Waals surface area contributed by atoms with E-state index in [-0.39, 0.29) is 16.5 Å². The van der Waals surface area contributed by atoms with Gasteiger partial charge in [-0.25, -0.2) is 9.59 Å². The van der Waals surface area contributed by atoms with E-state index in [9.17, 15) is 24.5 Å². The number of nitrogens with one attached hydrogen (secondary N) is 1. The summed E-state index contributed by atoms with van der Waals surface area (Å²) in [4.78, 5) is 45.7. The maximum absolute atomic E-state index is 11.9. The summed E-state index contributed by atoms with van der Waals surface area (Å²) in [7, 11) is 1.21. The van der Waals surface area contributed by atoms with Crippen LogP contribution < -0.4 is 5.32 Å². The molecule has 0 saturated heterocycles. The average molecular weight is 387 g/mol. The van der Waals surface area contributed by atoms with Crippen molar-refractivity contribution in [1.82, 2.24) is 5.32 Å². The third kappa shape index (κ3) is 5.69. The minimum absolute atomic E-state index is 0.125. The molecule has 1 rings (SSSR count). The second-order valence-electron chi connectivity index (χ2n) is 5.45. The Kier molecular flexibility index (Phi) is 7.98. The first-order chi connectivity index (χ1) is 12.2. The van der Waals surface area contributed by atoms with Gasteiger partial charge in [0.25, 0.3) is 11.6 Å². The molecule has 0 spiro atoms. The Balaban J connectivity index is 2.72. The predicted octanol–water partition coefficient (Wildman–Crippen LogP) is 2.11. The van der Waals surface area contributed by atoms with E-state index in [2.05, 4.69) is 10.1 Å². The molecule has 1 aromatic carbocycles. The van der Waals surface area contributed by atoms with Crippen molar-refractivity contribution in [2.75, 3.05) is 13.7 Å². The van der Waals surface area contributed by atoms with Crippen molar-refractivity contribution in [2.24, 2.45) is 5.92 Å². The molecule has 0 saturated carbocycles. The fraction of sp³-hybridized carbons (Fsp3) is 0.438. The molecule has 142 valence electrons. The van der Waals surface area contributed by atoms with Crippen LogP contribution in [0.25, 0.3) is 0 Å². The number of hydrogen-bond acceptors (Lipinski definition) is 7. The lowest BCUT2D eigenvalue weighted by Crippen LogP contribution is -2.47. The number of nitro benzene ring substituents is 1. The van der Waals surface area contributed by atoms with Gasteiger partial charge in [0.1, 0.15) is 11.1 Å². The summed E-state index contributed by atoms with van der Waals surface area (Å²) in [6.07, 6.45) is 0.619. The largest absolute Gasteiger partial charge is 0.467 e. The van der Waals surface area contributed by atoms with Crippen LogP contribution in [0.1, 0.15) is 30.6 Å². The van der Waals surface area contributed by atoms with Gasteiger partial charge in [-0.05, 0) is 18.1 Å². The number of halogens is 1. The number of methoxy groups -OCH3 is 1. The zero-order valence-electron chi connectivity index (χ0n) is 14.5.